The van der Waals surface area contributed by atoms with Crippen molar-refractivity contribution in [1.29, 1.82) is 0 Å². The third-order valence-corrected chi connectivity index (χ3v) is 3.37. The molecule has 0 aromatic carbocycles. The first-order valence-corrected chi connectivity index (χ1v) is 7.31. The Morgan fingerprint density at radius 2 is 2.17 bits per heavy atom. The maximum Gasteiger partial charge on any atom is 0.285 e. The molecule has 2 heterocycles. The van der Waals surface area contributed by atoms with Gasteiger partial charge in [-0.15, -0.1) is 0 Å². The van der Waals surface area contributed by atoms with Crippen molar-refractivity contribution in [2.24, 2.45) is 5.92 Å². The van der Waals surface area contributed by atoms with Crippen molar-refractivity contribution in [2.45, 2.75) is 33.4 Å². The lowest BCUT2D eigenvalue weighted by molar-refractivity contribution is -0.385. The van der Waals surface area contributed by atoms with Crippen LogP contribution < -0.4 is 10.9 Å². The number of nitrogens with one attached hydrogen (secondary N) is 2. The first-order chi connectivity index (χ1) is 11.3. The van der Waals surface area contributed by atoms with E-state index in [1.54, 1.807) is 6.92 Å². The van der Waals surface area contributed by atoms with Crippen LogP contribution in [0.4, 0.5) is 5.69 Å². The van der Waals surface area contributed by atoms with E-state index in [9.17, 15) is 19.7 Å². The van der Waals surface area contributed by atoms with Gasteiger partial charge in [0.25, 0.3) is 11.2 Å². The minimum Gasteiger partial charge on any atom is -0.344 e. The SMILES string of the molecule is Cc1nc([C@@H](NC(=O)Cn2cc([N+](=O)[O-])ccc2=O)C(C)C)n[nH]1. The van der Waals surface area contributed by atoms with Crippen molar-refractivity contribution in [1.82, 2.24) is 25.1 Å². The first kappa shape index (κ1) is 17.3. The summed E-state index contributed by atoms with van der Waals surface area (Å²) in [6, 6.07) is 1.73. The summed E-state index contributed by atoms with van der Waals surface area (Å²) in [7, 11) is 0. The van der Waals surface area contributed by atoms with Gasteiger partial charge in [0.15, 0.2) is 5.82 Å². The van der Waals surface area contributed by atoms with Crippen molar-refractivity contribution in [2.75, 3.05) is 0 Å². The molecule has 1 atom stereocenters. The van der Waals surface area contributed by atoms with Crippen LogP contribution in [-0.4, -0.2) is 30.6 Å². The molecule has 0 aliphatic carbocycles. The highest BCUT2D eigenvalue weighted by Crippen LogP contribution is 2.18. The summed E-state index contributed by atoms with van der Waals surface area (Å²) < 4.78 is 0.994. The lowest BCUT2D eigenvalue weighted by Crippen LogP contribution is -2.37. The van der Waals surface area contributed by atoms with E-state index >= 15 is 0 Å². The van der Waals surface area contributed by atoms with Crippen LogP contribution in [0, 0.1) is 23.0 Å². The zero-order chi connectivity index (χ0) is 17.9. The Morgan fingerprint density at radius 1 is 1.46 bits per heavy atom. The van der Waals surface area contributed by atoms with E-state index < -0.39 is 22.4 Å². The zero-order valence-electron chi connectivity index (χ0n) is 13.5. The molecule has 10 nitrogen and oxygen atoms in total. The molecule has 0 bridgehead atoms. The van der Waals surface area contributed by atoms with E-state index in [2.05, 4.69) is 20.5 Å². The first-order valence-electron chi connectivity index (χ1n) is 7.31. The highest BCUT2D eigenvalue weighted by atomic mass is 16.6. The Morgan fingerprint density at radius 3 is 2.71 bits per heavy atom. The van der Waals surface area contributed by atoms with E-state index in [-0.39, 0.29) is 18.2 Å². The number of H-pyrrole nitrogens is 1. The molecule has 0 unspecified atom stereocenters. The average Bonchev–Trinajstić information content (AvgIpc) is 2.92. The molecule has 24 heavy (non-hydrogen) atoms. The number of nitrogens with zero attached hydrogens (tertiary/aromatic N) is 4. The van der Waals surface area contributed by atoms with E-state index in [1.807, 2.05) is 13.8 Å². The topological polar surface area (TPSA) is 136 Å². The molecule has 0 aliphatic rings. The number of aromatic amines is 1. The summed E-state index contributed by atoms with van der Waals surface area (Å²) in [5.74, 6) is 0.631. The van der Waals surface area contributed by atoms with Gasteiger partial charge < -0.3 is 5.32 Å². The maximum absolute atomic E-state index is 12.2. The molecule has 2 N–H and O–H groups in total. The quantitative estimate of drug-likeness (QED) is 0.589. The van der Waals surface area contributed by atoms with Gasteiger partial charge >= 0.3 is 0 Å². The smallest absolute Gasteiger partial charge is 0.285 e. The molecule has 128 valence electrons. The molecule has 0 radical (unpaired) electrons. The number of hydrogen-bond donors (Lipinski definition) is 2. The fourth-order valence-electron chi connectivity index (χ4n) is 2.15. The van der Waals surface area contributed by atoms with Crippen molar-refractivity contribution in [3.05, 3.63) is 50.4 Å². The van der Waals surface area contributed by atoms with E-state index in [0.29, 0.717) is 11.6 Å². The van der Waals surface area contributed by atoms with E-state index in [4.69, 9.17) is 0 Å². The van der Waals surface area contributed by atoms with Crippen molar-refractivity contribution in [3.63, 3.8) is 0 Å². The molecule has 2 rings (SSSR count). The summed E-state index contributed by atoms with van der Waals surface area (Å²) in [5.41, 5.74) is -0.752. The number of aromatic nitrogens is 4. The predicted molar refractivity (Wildman–Crippen MR) is 84.2 cm³/mol. The zero-order valence-corrected chi connectivity index (χ0v) is 13.5. The maximum atomic E-state index is 12.2. The Labute approximate surface area is 137 Å². The van der Waals surface area contributed by atoms with Gasteiger partial charge in [-0.2, -0.15) is 5.10 Å². The number of aryl methyl sites for hydroxylation is 1. The van der Waals surface area contributed by atoms with Crippen LogP contribution in [0.3, 0.4) is 0 Å². The summed E-state index contributed by atoms with van der Waals surface area (Å²) in [6.45, 7) is 5.22. The number of nitro groups is 1. The molecular weight excluding hydrogens is 316 g/mol. The van der Waals surface area contributed by atoms with Gasteiger partial charge in [0.1, 0.15) is 12.4 Å². The minimum absolute atomic E-state index is 0.0194. The molecule has 0 spiro atoms. The van der Waals surface area contributed by atoms with E-state index in [0.717, 1.165) is 22.9 Å². The Bertz CT molecular complexity index is 810. The third kappa shape index (κ3) is 4.03. The Hall–Kier alpha value is -3.04. The monoisotopic (exact) mass is 334 g/mol. The second-order valence-electron chi connectivity index (χ2n) is 5.68. The van der Waals surface area contributed by atoms with Crippen LogP contribution in [0.25, 0.3) is 0 Å². The van der Waals surface area contributed by atoms with Crippen LogP contribution in [0.5, 0.6) is 0 Å². The number of carbonyl (C=O) groups excluding carboxylic acids is 1. The normalized spacial score (nSPS) is 12.2. The molecule has 10 heteroatoms. The standard InChI is InChI=1S/C14H18N6O4/c1-8(2)13(14-15-9(3)17-18-14)16-11(21)7-19-6-10(20(23)24)4-5-12(19)22/h4-6,8,13H,7H2,1-3H3,(H,16,21)(H,15,17,18)/t13-/m0/s1. The summed E-state index contributed by atoms with van der Waals surface area (Å²) >= 11 is 0. The largest absolute Gasteiger partial charge is 0.344 e. The van der Waals surface area contributed by atoms with Gasteiger partial charge in [-0.1, -0.05) is 13.8 Å². The van der Waals surface area contributed by atoms with Gasteiger partial charge in [0, 0.05) is 12.1 Å². The molecular formula is C14H18N6O4. The van der Waals surface area contributed by atoms with Crippen LogP contribution in [0.1, 0.15) is 31.5 Å². The van der Waals surface area contributed by atoms with Crippen LogP contribution in [0.15, 0.2) is 23.1 Å². The summed E-state index contributed by atoms with van der Waals surface area (Å²) in [6.07, 6.45) is 1.04. The minimum atomic E-state index is -0.624. The summed E-state index contributed by atoms with van der Waals surface area (Å²) in [5, 5.41) is 20.3. The number of pyridine rings is 1. The van der Waals surface area contributed by atoms with Crippen LogP contribution in [-0.2, 0) is 11.3 Å². The van der Waals surface area contributed by atoms with Gasteiger partial charge in [-0.25, -0.2) is 4.98 Å². The second-order valence-corrected chi connectivity index (χ2v) is 5.68. The third-order valence-electron chi connectivity index (χ3n) is 3.37. The molecule has 2 aromatic heterocycles. The van der Waals surface area contributed by atoms with Crippen molar-refractivity contribution < 1.29 is 9.72 Å². The van der Waals surface area contributed by atoms with Crippen molar-refractivity contribution in [3.8, 4) is 0 Å². The molecule has 0 aliphatic heterocycles. The number of amides is 1. The van der Waals surface area contributed by atoms with Crippen LogP contribution in [0.2, 0.25) is 0 Å². The number of carbonyl (C=O) groups is 1. The van der Waals surface area contributed by atoms with E-state index in [1.165, 1.54) is 0 Å². The molecule has 0 saturated heterocycles. The Kier molecular flexibility index (Phi) is 5.07. The fourth-order valence-corrected chi connectivity index (χ4v) is 2.15. The van der Waals surface area contributed by atoms with Crippen molar-refractivity contribution >= 4 is 11.6 Å². The van der Waals surface area contributed by atoms with Gasteiger partial charge in [-0.05, 0) is 12.8 Å². The molecule has 0 fully saturated rings. The van der Waals surface area contributed by atoms with Crippen LogP contribution >= 0.6 is 0 Å². The lowest BCUT2D eigenvalue weighted by Gasteiger charge is -2.19. The molecule has 0 saturated carbocycles. The molecule has 1 amide bonds. The van der Waals surface area contributed by atoms with Gasteiger partial charge in [-0.3, -0.25) is 29.4 Å². The molecule has 2 aromatic rings. The summed E-state index contributed by atoms with van der Waals surface area (Å²) in [4.78, 5) is 38.3. The lowest BCUT2D eigenvalue weighted by atomic mass is 10.0. The average molecular weight is 334 g/mol. The second kappa shape index (κ2) is 7.02. The highest BCUT2D eigenvalue weighted by molar-refractivity contribution is 5.76. The van der Waals surface area contributed by atoms with Gasteiger partial charge in [0.2, 0.25) is 5.91 Å². The van der Waals surface area contributed by atoms with Gasteiger partial charge in [0.05, 0.1) is 17.2 Å². The number of hydrogen-bond acceptors (Lipinski definition) is 6. The predicted octanol–water partition coefficient (Wildman–Crippen LogP) is 0.697. The fraction of sp³-hybridized carbons (Fsp3) is 0.429. The number of rotatable bonds is 6. The Balaban J connectivity index is 2.16. The highest BCUT2D eigenvalue weighted by Gasteiger charge is 2.22.